The molecule has 0 saturated carbocycles. The number of hydrogen-bond donors (Lipinski definition) is 1. The Morgan fingerprint density at radius 2 is 2.00 bits per heavy atom. The number of nitrogen functional groups attached to an aromatic ring is 1. The first-order valence-corrected chi connectivity index (χ1v) is 7.36. The highest BCUT2D eigenvalue weighted by molar-refractivity contribution is 6.31. The van der Waals surface area contributed by atoms with Crippen molar-refractivity contribution < 1.29 is 4.74 Å². The molecule has 0 aromatic heterocycles. The number of hydrogen-bond acceptors (Lipinski definition) is 2. The molecular weight excluding hydrogens is 270 g/mol. The van der Waals surface area contributed by atoms with E-state index in [9.17, 15) is 0 Å². The smallest absolute Gasteiger partial charge is 0.0832 e. The van der Waals surface area contributed by atoms with Crippen LogP contribution >= 0.6 is 11.6 Å². The summed E-state index contributed by atoms with van der Waals surface area (Å²) in [5.74, 6) is 0. The first kappa shape index (κ1) is 13.5. The van der Waals surface area contributed by atoms with E-state index in [0.717, 1.165) is 18.4 Å². The van der Waals surface area contributed by atoms with Crippen LogP contribution in [0.15, 0.2) is 42.5 Å². The van der Waals surface area contributed by atoms with Gasteiger partial charge in [0, 0.05) is 16.3 Å². The number of halogens is 1. The van der Waals surface area contributed by atoms with E-state index >= 15 is 0 Å². The normalized spacial score (nSPS) is 17.8. The summed E-state index contributed by atoms with van der Waals surface area (Å²) in [4.78, 5) is 0. The summed E-state index contributed by atoms with van der Waals surface area (Å²) in [5, 5.41) is 0.675. The number of benzene rings is 2. The molecule has 2 aromatic carbocycles. The highest BCUT2D eigenvalue weighted by Gasteiger charge is 2.20. The highest BCUT2D eigenvalue weighted by atomic mass is 35.5. The summed E-state index contributed by atoms with van der Waals surface area (Å²) >= 11 is 6.19. The number of anilines is 1. The van der Waals surface area contributed by atoms with Gasteiger partial charge in [-0.2, -0.15) is 0 Å². The quantitative estimate of drug-likeness (QED) is 0.843. The second-order valence-electron chi connectivity index (χ2n) is 5.20. The number of ether oxygens (including phenoxy) is 1. The minimum absolute atomic E-state index is 0.149. The lowest BCUT2D eigenvalue weighted by Crippen LogP contribution is -2.13. The van der Waals surface area contributed by atoms with Crippen molar-refractivity contribution in [3.8, 4) is 0 Å². The summed E-state index contributed by atoms with van der Waals surface area (Å²) < 4.78 is 6.09. The van der Waals surface area contributed by atoms with Gasteiger partial charge in [-0.15, -0.1) is 0 Å². The monoisotopic (exact) mass is 287 g/mol. The lowest BCUT2D eigenvalue weighted by atomic mass is 9.89. The molecule has 2 aromatic rings. The predicted molar refractivity (Wildman–Crippen MR) is 82.8 cm³/mol. The lowest BCUT2D eigenvalue weighted by Gasteiger charge is -2.26. The highest BCUT2D eigenvalue weighted by Crippen LogP contribution is 2.34. The van der Waals surface area contributed by atoms with Crippen LogP contribution in [-0.2, 0) is 17.8 Å². The zero-order valence-corrected chi connectivity index (χ0v) is 12.1. The van der Waals surface area contributed by atoms with Crippen molar-refractivity contribution in [3.63, 3.8) is 0 Å². The van der Waals surface area contributed by atoms with Crippen LogP contribution in [0.4, 0.5) is 5.69 Å². The van der Waals surface area contributed by atoms with Crippen molar-refractivity contribution in [1.82, 2.24) is 0 Å². The van der Waals surface area contributed by atoms with Crippen LogP contribution in [0, 0.1) is 0 Å². The Labute approximate surface area is 124 Å². The molecule has 0 amide bonds. The van der Waals surface area contributed by atoms with Crippen molar-refractivity contribution in [1.29, 1.82) is 0 Å². The Bertz CT molecular complexity index is 591. The number of aryl methyl sites for hydroxylation is 1. The van der Waals surface area contributed by atoms with E-state index in [0.29, 0.717) is 17.3 Å². The van der Waals surface area contributed by atoms with Gasteiger partial charge < -0.3 is 10.5 Å². The Balaban J connectivity index is 1.77. The molecule has 1 unspecified atom stereocenters. The molecule has 3 rings (SSSR count). The SMILES string of the molecule is Nc1cccc(Cl)c1COC1CCCc2ccccc21. The summed E-state index contributed by atoms with van der Waals surface area (Å²) in [7, 11) is 0. The molecular formula is C17H18ClNO. The molecule has 0 radical (unpaired) electrons. The largest absolute Gasteiger partial charge is 0.398 e. The van der Waals surface area contributed by atoms with Gasteiger partial charge in [0.2, 0.25) is 0 Å². The average molecular weight is 288 g/mol. The van der Waals surface area contributed by atoms with Gasteiger partial charge in [-0.05, 0) is 42.5 Å². The molecule has 0 saturated heterocycles. The number of rotatable bonds is 3. The zero-order chi connectivity index (χ0) is 13.9. The Hall–Kier alpha value is -1.51. The van der Waals surface area contributed by atoms with E-state index in [1.807, 2.05) is 18.2 Å². The third kappa shape index (κ3) is 2.67. The minimum atomic E-state index is 0.149. The van der Waals surface area contributed by atoms with Gasteiger partial charge in [-0.25, -0.2) is 0 Å². The fraction of sp³-hybridized carbons (Fsp3) is 0.294. The van der Waals surface area contributed by atoms with Gasteiger partial charge in [0.05, 0.1) is 12.7 Å². The van der Waals surface area contributed by atoms with E-state index in [1.54, 1.807) is 0 Å². The Morgan fingerprint density at radius 3 is 2.85 bits per heavy atom. The fourth-order valence-electron chi connectivity index (χ4n) is 2.79. The van der Waals surface area contributed by atoms with Crippen molar-refractivity contribution >= 4 is 17.3 Å². The number of nitrogens with two attached hydrogens (primary N) is 1. The van der Waals surface area contributed by atoms with Crippen LogP contribution in [-0.4, -0.2) is 0 Å². The molecule has 1 atom stereocenters. The van der Waals surface area contributed by atoms with E-state index in [-0.39, 0.29) is 6.10 Å². The van der Waals surface area contributed by atoms with Crippen LogP contribution in [0.5, 0.6) is 0 Å². The molecule has 20 heavy (non-hydrogen) atoms. The molecule has 1 aliphatic rings. The standard InChI is InChI=1S/C17H18ClNO/c18-15-8-4-9-16(19)14(15)11-20-17-10-3-6-12-5-1-2-7-13(12)17/h1-2,4-5,7-9,17H,3,6,10-11,19H2. The third-order valence-electron chi connectivity index (χ3n) is 3.90. The molecule has 1 aliphatic carbocycles. The summed E-state index contributed by atoms with van der Waals surface area (Å²) in [6, 6.07) is 14.1. The summed E-state index contributed by atoms with van der Waals surface area (Å²) in [6.07, 6.45) is 3.52. The van der Waals surface area contributed by atoms with Gasteiger partial charge >= 0.3 is 0 Å². The van der Waals surface area contributed by atoms with Crippen LogP contribution in [0.3, 0.4) is 0 Å². The maximum atomic E-state index is 6.19. The van der Waals surface area contributed by atoms with Crippen molar-refractivity contribution in [3.05, 3.63) is 64.2 Å². The average Bonchev–Trinajstić information content (AvgIpc) is 2.47. The van der Waals surface area contributed by atoms with Gasteiger partial charge in [-0.1, -0.05) is 41.9 Å². The molecule has 2 nitrogen and oxygen atoms in total. The van der Waals surface area contributed by atoms with Crippen molar-refractivity contribution in [2.24, 2.45) is 0 Å². The lowest BCUT2D eigenvalue weighted by molar-refractivity contribution is 0.0286. The summed E-state index contributed by atoms with van der Waals surface area (Å²) in [6.45, 7) is 0.463. The van der Waals surface area contributed by atoms with E-state index < -0.39 is 0 Å². The minimum Gasteiger partial charge on any atom is -0.398 e. The van der Waals surface area contributed by atoms with Crippen molar-refractivity contribution in [2.75, 3.05) is 5.73 Å². The van der Waals surface area contributed by atoms with E-state index in [2.05, 4.69) is 24.3 Å². The second kappa shape index (κ2) is 5.86. The molecule has 2 N–H and O–H groups in total. The van der Waals surface area contributed by atoms with Crippen LogP contribution < -0.4 is 5.73 Å². The first-order valence-electron chi connectivity index (χ1n) is 6.98. The predicted octanol–water partition coefficient (Wildman–Crippen LogP) is 4.52. The van der Waals surface area contributed by atoms with E-state index in [4.69, 9.17) is 22.1 Å². The van der Waals surface area contributed by atoms with Crippen molar-refractivity contribution in [2.45, 2.75) is 32.0 Å². The first-order chi connectivity index (χ1) is 9.75. The maximum absolute atomic E-state index is 6.19. The molecule has 3 heteroatoms. The molecule has 0 aliphatic heterocycles. The Morgan fingerprint density at radius 1 is 1.15 bits per heavy atom. The van der Waals surface area contributed by atoms with Crippen LogP contribution in [0.1, 0.15) is 35.6 Å². The topological polar surface area (TPSA) is 35.2 Å². The van der Waals surface area contributed by atoms with Gasteiger partial charge in [0.15, 0.2) is 0 Å². The number of fused-ring (bicyclic) bond motifs is 1. The van der Waals surface area contributed by atoms with Crippen LogP contribution in [0.25, 0.3) is 0 Å². The van der Waals surface area contributed by atoms with Gasteiger partial charge in [0.25, 0.3) is 0 Å². The molecule has 104 valence electrons. The Kier molecular flexibility index (Phi) is 3.95. The molecule has 0 spiro atoms. The fourth-order valence-corrected chi connectivity index (χ4v) is 3.03. The van der Waals surface area contributed by atoms with Gasteiger partial charge in [-0.3, -0.25) is 0 Å². The summed E-state index contributed by atoms with van der Waals surface area (Å²) in [5.41, 5.74) is 10.3. The third-order valence-corrected chi connectivity index (χ3v) is 4.25. The second-order valence-corrected chi connectivity index (χ2v) is 5.61. The van der Waals surface area contributed by atoms with E-state index in [1.165, 1.54) is 17.5 Å². The molecule has 0 bridgehead atoms. The maximum Gasteiger partial charge on any atom is 0.0832 e. The molecule has 0 heterocycles. The van der Waals surface area contributed by atoms with Crippen LogP contribution in [0.2, 0.25) is 5.02 Å². The van der Waals surface area contributed by atoms with Gasteiger partial charge in [0.1, 0.15) is 0 Å². The molecule has 0 fully saturated rings. The zero-order valence-electron chi connectivity index (χ0n) is 11.3.